The van der Waals surface area contributed by atoms with Crippen molar-refractivity contribution in [1.29, 1.82) is 0 Å². The predicted octanol–water partition coefficient (Wildman–Crippen LogP) is 1.74. The summed E-state index contributed by atoms with van der Waals surface area (Å²) in [5.41, 5.74) is 1.26. The van der Waals surface area contributed by atoms with Gasteiger partial charge in [-0.05, 0) is 43.3 Å². The Kier molecular flexibility index (Phi) is 6.00. The van der Waals surface area contributed by atoms with E-state index in [1.54, 1.807) is 48.2 Å². The summed E-state index contributed by atoms with van der Waals surface area (Å²) in [6.45, 7) is 2.28. The van der Waals surface area contributed by atoms with Gasteiger partial charge in [-0.25, -0.2) is 8.42 Å². The molecule has 0 saturated carbocycles. The van der Waals surface area contributed by atoms with Crippen molar-refractivity contribution in [1.82, 2.24) is 14.2 Å². The van der Waals surface area contributed by atoms with Crippen molar-refractivity contribution < 1.29 is 22.4 Å². The molecule has 4 rings (SSSR count). The van der Waals surface area contributed by atoms with E-state index in [-0.39, 0.29) is 42.1 Å². The first-order valence-electron chi connectivity index (χ1n) is 9.70. The van der Waals surface area contributed by atoms with E-state index in [2.05, 4.69) is 10.3 Å². The lowest BCUT2D eigenvalue weighted by atomic mass is 10.1. The summed E-state index contributed by atoms with van der Waals surface area (Å²) in [4.78, 5) is 40.0. The number of aryl methyl sites for hydroxylation is 1. The summed E-state index contributed by atoms with van der Waals surface area (Å²) >= 11 is 0.666. The number of sulfonamides is 1. The van der Waals surface area contributed by atoms with Gasteiger partial charge >= 0.3 is 4.87 Å². The molecule has 1 saturated heterocycles. The highest BCUT2D eigenvalue weighted by molar-refractivity contribution is 7.91. The third-order valence-corrected chi connectivity index (χ3v) is 8.50. The highest BCUT2D eigenvalue weighted by Gasteiger charge is 2.32. The van der Waals surface area contributed by atoms with E-state index < -0.39 is 20.8 Å². The number of furan rings is 1. The number of thiazole rings is 1. The molecule has 32 heavy (non-hydrogen) atoms. The number of amides is 2. The number of H-pyrrole nitrogens is 1. The lowest BCUT2D eigenvalue weighted by molar-refractivity contribution is 0.0698. The van der Waals surface area contributed by atoms with Gasteiger partial charge in [-0.3, -0.25) is 14.4 Å². The molecule has 1 aliphatic heterocycles. The van der Waals surface area contributed by atoms with Crippen LogP contribution in [-0.2, 0) is 10.0 Å². The second-order valence-electron chi connectivity index (χ2n) is 7.13. The Labute approximate surface area is 187 Å². The van der Waals surface area contributed by atoms with Crippen LogP contribution < -0.4 is 10.2 Å². The molecule has 0 bridgehead atoms. The van der Waals surface area contributed by atoms with E-state index >= 15 is 0 Å². The minimum Gasteiger partial charge on any atom is -0.459 e. The summed E-state index contributed by atoms with van der Waals surface area (Å²) in [5.74, 6) is -0.442. The number of rotatable bonds is 5. The van der Waals surface area contributed by atoms with Crippen LogP contribution >= 0.6 is 11.3 Å². The zero-order chi connectivity index (χ0) is 22.9. The number of carbonyl (C=O) groups is 2. The fourth-order valence-electron chi connectivity index (χ4n) is 3.36. The summed E-state index contributed by atoms with van der Waals surface area (Å²) in [6.07, 6.45) is 1.41. The minimum atomic E-state index is -3.79. The number of hydrogen-bond acceptors (Lipinski definition) is 7. The van der Waals surface area contributed by atoms with E-state index in [0.29, 0.717) is 28.3 Å². The van der Waals surface area contributed by atoms with Crippen LogP contribution in [-0.4, -0.2) is 60.6 Å². The third kappa shape index (κ3) is 4.38. The minimum absolute atomic E-state index is 0.00876. The molecule has 0 atom stereocenters. The molecule has 3 aromatic rings. The molecular weight excluding hydrogens is 456 g/mol. The first-order valence-corrected chi connectivity index (χ1v) is 12.0. The number of nitrogens with zero attached hydrogens (tertiary/aromatic N) is 2. The number of nitrogens with one attached hydrogen (secondary N) is 2. The van der Waals surface area contributed by atoms with Gasteiger partial charge in [0.1, 0.15) is 0 Å². The van der Waals surface area contributed by atoms with Crippen molar-refractivity contribution in [3.05, 3.63) is 69.3 Å². The highest BCUT2D eigenvalue weighted by Crippen LogP contribution is 2.23. The van der Waals surface area contributed by atoms with Crippen molar-refractivity contribution in [2.24, 2.45) is 0 Å². The standard InChI is InChI=1S/C20H20N4O6S2/c1-13-19(31-20(27)21-13)32(28,29)24-10-8-23(9-11-24)18(26)14-4-6-15(7-5-14)22-17(25)16-3-2-12-30-16/h2-7,12H,8-11H2,1H3,(H,21,27)(H,22,25). The summed E-state index contributed by atoms with van der Waals surface area (Å²) in [5, 5.41) is 2.68. The van der Waals surface area contributed by atoms with Gasteiger partial charge in [-0.2, -0.15) is 4.31 Å². The maximum absolute atomic E-state index is 12.8. The van der Waals surface area contributed by atoms with E-state index in [1.165, 1.54) is 10.6 Å². The summed E-state index contributed by atoms with van der Waals surface area (Å²) < 4.78 is 32.0. The van der Waals surface area contributed by atoms with Gasteiger partial charge in [0.25, 0.3) is 21.8 Å². The van der Waals surface area contributed by atoms with E-state index in [1.807, 2.05) is 0 Å². The van der Waals surface area contributed by atoms with E-state index in [9.17, 15) is 22.8 Å². The predicted molar refractivity (Wildman–Crippen MR) is 117 cm³/mol. The molecule has 1 fully saturated rings. The number of carbonyl (C=O) groups excluding carboxylic acids is 2. The van der Waals surface area contributed by atoms with Gasteiger partial charge < -0.3 is 19.6 Å². The number of hydrogen-bond donors (Lipinski definition) is 2. The zero-order valence-corrected chi connectivity index (χ0v) is 18.7. The van der Waals surface area contributed by atoms with Crippen LogP contribution in [0.5, 0.6) is 0 Å². The Morgan fingerprint density at radius 3 is 2.34 bits per heavy atom. The Morgan fingerprint density at radius 2 is 1.78 bits per heavy atom. The first kappa shape index (κ1) is 22.0. The molecular formula is C20H20N4O6S2. The zero-order valence-electron chi connectivity index (χ0n) is 17.0. The second kappa shape index (κ2) is 8.73. The van der Waals surface area contributed by atoms with Crippen molar-refractivity contribution in [3.63, 3.8) is 0 Å². The number of aromatic nitrogens is 1. The van der Waals surface area contributed by atoms with Crippen LogP contribution in [0.2, 0.25) is 0 Å². The normalized spacial score (nSPS) is 15.0. The Hall–Kier alpha value is -3.22. The van der Waals surface area contributed by atoms with Crippen LogP contribution in [0.25, 0.3) is 0 Å². The van der Waals surface area contributed by atoms with Crippen LogP contribution in [0.1, 0.15) is 26.6 Å². The lowest BCUT2D eigenvalue weighted by Crippen LogP contribution is -2.50. The smallest absolute Gasteiger partial charge is 0.305 e. The van der Waals surface area contributed by atoms with Gasteiger partial charge in [0, 0.05) is 43.1 Å². The van der Waals surface area contributed by atoms with E-state index in [4.69, 9.17) is 4.42 Å². The largest absolute Gasteiger partial charge is 0.459 e. The number of piperazine rings is 1. The maximum Gasteiger partial charge on any atom is 0.305 e. The molecule has 0 unspecified atom stereocenters. The second-order valence-corrected chi connectivity index (χ2v) is 10.2. The number of anilines is 1. The van der Waals surface area contributed by atoms with Crippen molar-refractivity contribution in [3.8, 4) is 0 Å². The van der Waals surface area contributed by atoms with Gasteiger partial charge in [-0.15, -0.1) is 0 Å². The number of aromatic amines is 1. The van der Waals surface area contributed by atoms with Crippen molar-refractivity contribution in [2.45, 2.75) is 11.1 Å². The quantitative estimate of drug-likeness (QED) is 0.576. The van der Waals surface area contributed by atoms with Gasteiger partial charge in [-0.1, -0.05) is 11.3 Å². The average Bonchev–Trinajstić information content (AvgIpc) is 3.44. The van der Waals surface area contributed by atoms with Crippen molar-refractivity contribution >= 4 is 38.9 Å². The Morgan fingerprint density at radius 1 is 1.09 bits per heavy atom. The van der Waals surface area contributed by atoms with Crippen LogP contribution in [0.15, 0.2) is 56.1 Å². The monoisotopic (exact) mass is 476 g/mol. The third-order valence-electron chi connectivity index (χ3n) is 5.02. The fraction of sp³-hybridized carbons (Fsp3) is 0.250. The van der Waals surface area contributed by atoms with Gasteiger partial charge in [0.2, 0.25) is 0 Å². The Bertz CT molecular complexity index is 1280. The van der Waals surface area contributed by atoms with Crippen LogP contribution in [0.4, 0.5) is 5.69 Å². The van der Waals surface area contributed by atoms with Crippen molar-refractivity contribution in [2.75, 3.05) is 31.5 Å². The molecule has 2 amide bonds. The van der Waals surface area contributed by atoms with Gasteiger partial charge in [0.05, 0.1) is 6.26 Å². The molecule has 3 heterocycles. The average molecular weight is 477 g/mol. The molecule has 12 heteroatoms. The van der Waals surface area contributed by atoms with Gasteiger partial charge in [0.15, 0.2) is 9.97 Å². The summed E-state index contributed by atoms with van der Waals surface area (Å²) in [7, 11) is -3.79. The molecule has 0 spiro atoms. The molecule has 0 aliphatic carbocycles. The number of benzene rings is 1. The highest BCUT2D eigenvalue weighted by atomic mass is 32.2. The topological polar surface area (TPSA) is 133 Å². The molecule has 10 nitrogen and oxygen atoms in total. The molecule has 1 aliphatic rings. The lowest BCUT2D eigenvalue weighted by Gasteiger charge is -2.33. The fourth-order valence-corrected chi connectivity index (χ4v) is 6.22. The van der Waals surface area contributed by atoms with Crippen LogP contribution in [0.3, 0.4) is 0 Å². The molecule has 2 N–H and O–H groups in total. The molecule has 168 valence electrons. The molecule has 2 aromatic heterocycles. The maximum atomic E-state index is 12.8. The SMILES string of the molecule is Cc1[nH]c(=O)sc1S(=O)(=O)N1CCN(C(=O)c2ccc(NC(=O)c3ccco3)cc2)CC1. The molecule has 0 radical (unpaired) electrons. The van der Waals surface area contributed by atoms with E-state index in [0.717, 1.165) is 0 Å². The van der Waals surface area contributed by atoms with Crippen LogP contribution in [0, 0.1) is 6.92 Å². The first-order chi connectivity index (χ1) is 15.3. The Balaban J connectivity index is 1.37. The molecule has 1 aromatic carbocycles. The summed E-state index contributed by atoms with van der Waals surface area (Å²) in [6, 6.07) is 9.60.